The van der Waals surface area contributed by atoms with Crippen LogP contribution in [0.3, 0.4) is 0 Å². The van der Waals surface area contributed by atoms with Crippen molar-refractivity contribution in [3.63, 3.8) is 0 Å². The molecule has 2 nitrogen and oxygen atoms in total. The summed E-state index contributed by atoms with van der Waals surface area (Å²) in [6.07, 6.45) is 8.74. The maximum atomic E-state index is 5.96. The molecule has 0 aromatic carbocycles. The van der Waals surface area contributed by atoms with Crippen LogP contribution in [0.25, 0.3) is 0 Å². The molecule has 2 heterocycles. The van der Waals surface area contributed by atoms with Gasteiger partial charge in [-0.3, -0.25) is 4.90 Å². The van der Waals surface area contributed by atoms with E-state index in [4.69, 9.17) is 4.74 Å². The smallest absolute Gasteiger partial charge is 0.0625 e. The van der Waals surface area contributed by atoms with Crippen molar-refractivity contribution >= 4 is 0 Å². The van der Waals surface area contributed by atoms with Gasteiger partial charge >= 0.3 is 0 Å². The first-order valence-corrected chi connectivity index (χ1v) is 7.41. The third kappa shape index (κ3) is 1.94. The van der Waals surface area contributed by atoms with Crippen molar-refractivity contribution in [3.05, 3.63) is 0 Å². The molecule has 0 aromatic heterocycles. The second-order valence-corrected chi connectivity index (χ2v) is 7.30. The van der Waals surface area contributed by atoms with E-state index in [1.54, 1.807) is 0 Å². The second-order valence-electron chi connectivity index (χ2n) is 7.30. The summed E-state index contributed by atoms with van der Waals surface area (Å²) in [7, 11) is 0. The zero-order valence-electron chi connectivity index (χ0n) is 11.7. The fourth-order valence-corrected chi connectivity index (χ4v) is 4.10. The largest absolute Gasteiger partial charge is 0.377 e. The van der Waals surface area contributed by atoms with Gasteiger partial charge in [0.1, 0.15) is 0 Å². The van der Waals surface area contributed by atoms with Gasteiger partial charge in [-0.1, -0.05) is 20.8 Å². The molecule has 1 saturated carbocycles. The minimum Gasteiger partial charge on any atom is -0.377 e. The lowest BCUT2D eigenvalue weighted by molar-refractivity contribution is 0.00635. The number of fused-ring (bicyclic) bond motifs is 1. The number of rotatable bonds is 3. The van der Waals surface area contributed by atoms with Gasteiger partial charge in [0.25, 0.3) is 0 Å². The first-order valence-electron chi connectivity index (χ1n) is 7.41. The lowest BCUT2D eigenvalue weighted by Gasteiger charge is -2.45. The van der Waals surface area contributed by atoms with Gasteiger partial charge in [-0.25, -0.2) is 0 Å². The molecule has 0 bridgehead atoms. The maximum absolute atomic E-state index is 5.96. The van der Waals surface area contributed by atoms with Crippen LogP contribution >= 0.6 is 0 Å². The average Bonchev–Trinajstić information content (AvgIpc) is 2.84. The van der Waals surface area contributed by atoms with E-state index in [9.17, 15) is 0 Å². The Morgan fingerprint density at radius 1 is 1.18 bits per heavy atom. The highest BCUT2D eigenvalue weighted by molar-refractivity contribution is 5.10. The maximum Gasteiger partial charge on any atom is 0.0625 e. The van der Waals surface area contributed by atoms with Crippen LogP contribution in [0, 0.1) is 5.41 Å². The first-order chi connectivity index (χ1) is 8.03. The van der Waals surface area contributed by atoms with E-state index in [-0.39, 0.29) is 0 Å². The normalized spacial score (nSPS) is 38.6. The molecule has 0 N–H and O–H groups in total. The van der Waals surface area contributed by atoms with Crippen molar-refractivity contribution in [2.75, 3.05) is 13.2 Å². The Morgan fingerprint density at radius 3 is 2.59 bits per heavy atom. The Morgan fingerprint density at radius 2 is 1.94 bits per heavy atom. The van der Waals surface area contributed by atoms with Gasteiger partial charge in [-0.05, 0) is 50.5 Å². The zero-order valence-corrected chi connectivity index (χ0v) is 11.7. The van der Waals surface area contributed by atoms with Crippen molar-refractivity contribution in [3.8, 4) is 0 Å². The van der Waals surface area contributed by atoms with E-state index in [1.807, 2.05) is 0 Å². The van der Waals surface area contributed by atoms with Crippen LogP contribution in [0.2, 0.25) is 0 Å². The number of hydrogen-bond acceptors (Lipinski definition) is 2. The molecule has 2 unspecified atom stereocenters. The number of nitrogens with zero attached hydrogens (tertiary/aromatic N) is 1. The lowest BCUT2D eigenvalue weighted by atomic mass is 9.71. The molecule has 0 amide bonds. The summed E-state index contributed by atoms with van der Waals surface area (Å²) in [5.74, 6) is 0. The molecule has 3 fully saturated rings. The average molecular weight is 237 g/mol. The van der Waals surface area contributed by atoms with Crippen molar-refractivity contribution in [1.29, 1.82) is 0 Å². The molecule has 2 heteroatoms. The molecular formula is C15H27NO. The highest BCUT2D eigenvalue weighted by atomic mass is 16.5. The molecular weight excluding hydrogens is 210 g/mol. The standard InChI is InChI=1S/C15H27NO/c1-14(2,3)15-8-4-10-16(15)12(7-9-15)11-17-13-5-6-13/h12-13H,4-11H2,1-3H3. The summed E-state index contributed by atoms with van der Waals surface area (Å²) in [5, 5.41) is 0. The third-order valence-electron chi connectivity index (χ3n) is 5.32. The molecule has 2 saturated heterocycles. The van der Waals surface area contributed by atoms with Gasteiger partial charge in [0, 0.05) is 11.6 Å². The Balaban J connectivity index is 1.69. The molecule has 3 aliphatic rings. The highest BCUT2D eigenvalue weighted by Gasteiger charge is 2.55. The highest BCUT2D eigenvalue weighted by Crippen LogP contribution is 2.52. The van der Waals surface area contributed by atoms with Crippen molar-refractivity contribution in [2.24, 2.45) is 5.41 Å². The van der Waals surface area contributed by atoms with E-state index in [1.165, 1.54) is 45.1 Å². The van der Waals surface area contributed by atoms with Crippen molar-refractivity contribution in [1.82, 2.24) is 4.90 Å². The SMILES string of the molecule is CC(C)(C)C12CCCN1C(COC1CC1)CC2. The van der Waals surface area contributed by atoms with Crippen LogP contribution in [0.1, 0.15) is 59.3 Å². The summed E-state index contributed by atoms with van der Waals surface area (Å²) in [4.78, 5) is 2.80. The molecule has 17 heavy (non-hydrogen) atoms. The molecule has 0 radical (unpaired) electrons. The predicted molar refractivity (Wildman–Crippen MR) is 70.1 cm³/mol. The Labute approximate surface area is 106 Å². The summed E-state index contributed by atoms with van der Waals surface area (Å²) in [6, 6.07) is 0.706. The van der Waals surface area contributed by atoms with Crippen LogP contribution in [-0.2, 0) is 4.74 Å². The molecule has 0 aromatic rings. The van der Waals surface area contributed by atoms with Crippen LogP contribution in [0.5, 0.6) is 0 Å². The van der Waals surface area contributed by atoms with E-state index >= 15 is 0 Å². The third-order valence-corrected chi connectivity index (χ3v) is 5.32. The summed E-state index contributed by atoms with van der Waals surface area (Å²) >= 11 is 0. The van der Waals surface area contributed by atoms with E-state index in [0.717, 1.165) is 6.61 Å². The van der Waals surface area contributed by atoms with Crippen LogP contribution < -0.4 is 0 Å². The van der Waals surface area contributed by atoms with Gasteiger partial charge in [0.15, 0.2) is 0 Å². The summed E-state index contributed by atoms with van der Waals surface area (Å²) < 4.78 is 5.96. The minimum absolute atomic E-state index is 0.415. The molecule has 2 atom stereocenters. The molecule has 0 spiro atoms. The summed E-state index contributed by atoms with van der Waals surface area (Å²) in [6.45, 7) is 9.57. The van der Waals surface area contributed by atoms with Gasteiger partial charge < -0.3 is 4.74 Å². The molecule has 98 valence electrons. The van der Waals surface area contributed by atoms with Crippen molar-refractivity contribution in [2.45, 2.75) is 77.0 Å². The monoisotopic (exact) mass is 237 g/mol. The van der Waals surface area contributed by atoms with E-state index < -0.39 is 0 Å². The molecule has 3 rings (SSSR count). The fraction of sp³-hybridized carbons (Fsp3) is 1.00. The number of ether oxygens (including phenoxy) is 1. The van der Waals surface area contributed by atoms with E-state index in [0.29, 0.717) is 23.1 Å². The van der Waals surface area contributed by atoms with Gasteiger partial charge in [0.2, 0.25) is 0 Å². The molecule has 1 aliphatic carbocycles. The lowest BCUT2D eigenvalue weighted by Crippen LogP contribution is -2.52. The van der Waals surface area contributed by atoms with Crippen LogP contribution in [0.4, 0.5) is 0 Å². The summed E-state index contributed by atoms with van der Waals surface area (Å²) in [5.41, 5.74) is 0.891. The Hall–Kier alpha value is -0.0800. The van der Waals surface area contributed by atoms with E-state index in [2.05, 4.69) is 25.7 Å². The van der Waals surface area contributed by atoms with Crippen LogP contribution in [-0.4, -0.2) is 35.7 Å². The zero-order chi connectivity index (χ0) is 12.1. The Bertz CT molecular complexity index is 292. The van der Waals surface area contributed by atoms with Gasteiger partial charge in [-0.15, -0.1) is 0 Å². The quantitative estimate of drug-likeness (QED) is 0.747. The Kier molecular flexibility index (Phi) is 2.79. The predicted octanol–water partition coefficient (Wildman–Crippen LogP) is 3.21. The fourth-order valence-electron chi connectivity index (χ4n) is 4.10. The van der Waals surface area contributed by atoms with Crippen LogP contribution in [0.15, 0.2) is 0 Å². The van der Waals surface area contributed by atoms with Gasteiger partial charge in [-0.2, -0.15) is 0 Å². The molecule has 2 aliphatic heterocycles. The van der Waals surface area contributed by atoms with Gasteiger partial charge in [0.05, 0.1) is 12.7 Å². The first kappa shape index (κ1) is 12.0. The minimum atomic E-state index is 0.415. The topological polar surface area (TPSA) is 12.5 Å². The number of hydrogen-bond donors (Lipinski definition) is 0. The second kappa shape index (κ2) is 3.96. The van der Waals surface area contributed by atoms with Crippen molar-refractivity contribution < 1.29 is 4.74 Å².